The Morgan fingerprint density at radius 3 is 2.72 bits per heavy atom. The lowest BCUT2D eigenvalue weighted by Crippen LogP contribution is -2.45. The van der Waals surface area contributed by atoms with Gasteiger partial charge in [-0.3, -0.25) is 9.69 Å². The van der Waals surface area contributed by atoms with Crippen molar-refractivity contribution in [2.75, 3.05) is 37.6 Å². The van der Waals surface area contributed by atoms with Crippen molar-refractivity contribution in [3.05, 3.63) is 12.2 Å². The predicted octanol–water partition coefficient (Wildman–Crippen LogP) is 2.76. The van der Waals surface area contributed by atoms with Gasteiger partial charge in [0.1, 0.15) is 12.2 Å². The van der Waals surface area contributed by atoms with E-state index in [1.807, 2.05) is 0 Å². The Bertz CT molecular complexity index is 934. The quantitative estimate of drug-likeness (QED) is 0.772. The van der Waals surface area contributed by atoms with Crippen LogP contribution in [0.25, 0.3) is 11.2 Å². The number of rotatable bonds is 5. The Hall–Kier alpha value is -2.22. The first-order valence-electron chi connectivity index (χ1n) is 12.7. The molecule has 5 heterocycles. The van der Waals surface area contributed by atoms with Gasteiger partial charge >= 0.3 is 0 Å². The topological polar surface area (TPSA) is 79.2 Å². The summed E-state index contributed by atoms with van der Waals surface area (Å²) in [6, 6.07) is 0.645. The molecule has 32 heavy (non-hydrogen) atoms. The predicted molar refractivity (Wildman–Crippen MR) is 126 cm³/mol. The van der Waals surface area contributed by atoms with Gasteiger partial charge in [0.15, 0.2) is 17.0 Å². The van der Waals surface area contributed by atoms with Gasteiger partial charge in [-0.05, 0) is 52.0 Å². The van der Waals surface area contributed by atoms with Gasteiger partial charge in [0, 0.05) is 51.1 Å². The van der Waals surface area contributed by atoms with Crippen molar-refractivity contribution in [3.63, 3.8) is 0 Å². The van der Waals surface area contributed by atoms with Crippen LogP contribution in [0.3, 0.4) is 0 Å². The lowest BCUT2D eigenvalue weighted by molar-refractivity contribution is -0.125. The molecule has 0 aromatic carbocycles. The molecule has 2 aromatic heterocycles. The lowest BCUT2D eigenvalue weighted by Gasteiger charge is -2.34. The van der Waals surface area contributed by atoms with Crippen LogP contribution >= 0.6 is 0 Å². The molecule has 1 N–H and O–H groups in total. The Balaban J connectivity index is 1.17. The van der Waals surface area contributed by atoms with Gasteiger partial charge in [-0.25, -0.2) is 15.0 Å². The third kappa shape index (κ3) is 4.47. The van der Waals surface area contributed by atoms with E-state index < -0.39 is 0 Å². The van der Waals surface area contributed by atoms with E-state index in [4.69, 9.17) is 4.98 Å². The second kappa shape index (κ2) is 9.73. The van der Waals surface area contributed by atoms with Crippen molar-refractivity contribution in [2.45, 2.75) is 77.3 Å². The molecule has 8 heteroatoms. The van der Waals surface area contributed by atoms with Crippen molar-refractivity contribution < 1.29 is 4.79 Å². The highest BCUT2D eigenvalue weighted by atomic mass is 16.1. The summed E-state index contributed by atoms with van der Waals surface area (Å²) in [5.41, 5.74) is 1.90. The highest BCUT2D eigenvalue weighted by molar-refractivity contribution is 5.84. The number of amides is 1. The molecule has 174 valence electrons. The summed E-state index contributed by atoms with van der Waals surface area (Å²) in [7, 11) is 0. The maximum atomic E-state index is 12.8. The van der Waals surface area contributed by atoms with E-state index in [0.717, 1.165) is 74.8 Å². The van der Waals surface area contributed by atoms with Crippen molar-refractivity contribution >= 4 is 22.9 Å². The normalized spacial score (nSPS) is 23.2. The van der Waals surface area contributed by atoms with Gasteiger partial charge in [0.25, 0.3) is 0 Å². The molecule has 8 nitrogen and oxygen atoms in total. The number of hydrogen-bond donors (Lipinski definition) is 1. The summed E-state index contributed by atoms with van der Waals surface area (Å²) >= 11 is 0. The number of hydrogen-bond acceptors (Lipinski definition) is 6. The van der Waals surface area contributed by atoms with E-state index in [0.29, 0.717) is 6.04 Å². The fourth-order valence-electron chi connectivity index (χ4n) is 5.67. The molecular weight excluding hydrogens is 402 g/mol. The minimum absolute atomic E-state index is 0.0982. The molecule has 0 saturated carbocycles. The number of anilines is 1. The second-order valence-corrected chi connectivity index (χ2v) is 9.79. The number of aryl methyl sites for hydroxylation is 2. The number of fused-ring (bicyclic) bond motifs is 3. The van der Waals surface area contributed by atoms with Crippen molar-refractivity contribution in [1.82, 2.24) is 29.7 Å². The SMILES string of the molecule is C[C@@H]1CCCCN1CCNC(=O)C1CCN(c2ncnc3c2nc2n3CCCCC2)CC1. The number of carbonyl (C=O) groups is 1. The van der Waals surface area contributed by atoms with Crippen LogP contribution in [-0.2, 0) is 17.8 Å². The third-order valence-electron chi connectivity index (χ3n) is 7.68. The Morgan fingerprint density at radius 1 is 1.03 bits per heavy atom. The molecule has 3 aliphatic rings. The second-order valence-electron chi connectivity index (χ2n) is 9.79. The van der Waals surface area contributed by atoms with Crippen LogP contribution in [0.15, 0.2) is 6.33 Å². The number of nitrogens with zero attached hydrogens (tertiary/aromatic N) is 6. The number of aromatic nitrogens is 4. The summed E-state index contributed by atoms with van der Waals surface area (Å²) < 4.78 is 2.29. The van der Waals surface area contributed by atoms with E-state index in [9.17, 15) is 4.79 Å². The molecule has 5 rings (SSSR count). The van der Waals surface area contributed by atoms with Crippen LogP contribution in [0.2, 0.25) is 0 Å². The molecule has 0 aliphatic carbocycles. The fraction of sp³-hybridized carbons (Fsp3) is 0.750. The van der Waals surface area contributed by atoms with Crippen molar-refractivity contribution in [2.24, 2.45) is 5.92 Å². The first-order valence-corrected chi connectivity index (χ1v) is 12.7. The molecule has 0 radical (unpaired) electrons. The zero-order valence-electron chi connectivity index (χ0n) is 19.4. The minimum atomic E-state index is 0.0982. The number of carbonyl (C=O) groups excluding carboxylic acids is 1. The summed E-state index contributed by atoms with van der Waals surface area (Å²) in [4.78, 5) is 31.7. The number of piperidine rings is 2. The highest BCUT2D eigenvalue weighted by Gasteiger charge is 2.28. The van der Waals surface area contributed by atoms with E-state index in [1.54, 1.807) is 6.33 Å². The number of likely N-dealkylation sites (tertiary alicyclic amines) is 1. The van der Waals surface area contributed by atoms with Gasteiger partial charge in [-0.2, -0.15) is 0 Å². The van der Waals surface area contributed by atoms with E-state index in [-0.39, 0.29) is 11.8 Å². The zero-order chi connectivity index (χ0) is 21.9. The van der Waals surface area contributed by atoms with Gasteiger partial charge in [0.05, 0.1) is 0 Å². The largest absolute Gasteiger partial charge is 0.355 e. The average molecular weight is 440 g/mol. The lowest BCUT2D eigenvalue weighted by atomic mass is 9.96. The average Bonchev–Trinajstić information content (AvgIpc) is 3.01. The molecule has 0 unspecified atom stereocenters. The minimum Gasteiger partial charge on any atom is -0.355 e. The van der Waals surface area contributed by atoms with E-state index >= 15 is 0 Å². The summed E-state index contributed by atoms with van der Waals surface area (Å²) in [5, 5.41) is 3.20. The van der Waals surface area contributed by atoms with Gasteiger partial charge in [0.2, 0.25) is 5.91 Å². The zero-order valence-corrected chi connectivity index (χ0v) is 19.4. The van der Waals surface area contributed by atoms with Gasteiger partial charge < -0.3 is 14.8 Å². The van der Waals surface area contributed by atoms with Crippen LogP contribution in [0.4, 0.5) is 5.82 Å². The monoisotopic (exact) mass is 439 g/mol. The molecule has 0 spiro atoms. The van der Waals surface area contributed by atoms with Gasteiger partial charge in [-0.1, -0.05) is 12.8 Å². The molecule has 1 atom stereocenters. The first-order chi connectivity index (χ1) is 15.7. The van der Waals surface area contributed by atoms with Crippen LogP contribution in [0.5, 0.6) is 0 Å². The molecular formula is C24H37N7O. The molecule has 2 fully saturated rings. The number of nitrogens with one attached hydrogen (secondary N) is 1. The molecule has 2 saturated heterocycles. The molecule has 2 aromatic rings. The van der Waals surface area contributed by atoms with Crippen LogP contribution < -0.4 is 10.2 Å². The molecule has 0 bridgehead atoms. The van der Waals surface area contributed by atoms with Crippen LogP contribution in [-0.4, -0.2) is 69.1 Å². The Labute approximate surface area is 190 Å². The first kappa shape index (κ1) is 21.6. The molecule has 3 aliphatic heterocycles. The van der Waals surface area contributed by atoms with E-state index in [2.05, 4.69) is 36.6 Å². The highest BCUT2D eigenvalue weighted by Crippen LogP contribution is 2.29. The summed E-state index contributed by atoms with van der Waals surface area (Å²) in [6.07, 6.45) is 12.0. The fourth-order valence-corrected chi connectivity index (χ4v) is 5.67. The Morgan fingerprint density at radius 2 is 1.88 bits per heavy atom. The number of imidazole rings is 1. The van der Waals surface area contributed by atoms with Crippen LogP contribution in [0.1, 0.15) is 64.1 Å². The maximum absolute atomic E-state index is 12.8. The van der Waals surface area contributed by atoms with Crippen molar-refractivity contribution in [3.8, 4) is 0 Å². The van der Waals surface area contributed by atoms with Crippen molar-refractivity contribution in [1.29, 1.82) is 0 Å². The summed E-state index contributed by atoms with van der Waals surface area (Å²) in [5.74, 6) is 2.40. The molecule has 1 amide bonds. The Kier molecular flexibility index (Phi) is 6.57. The maximum Gasteiger partial charge on any atom is 0.223 e. The van der Waals surface area contributed by atoms with Gasteiger partial charge in [-0.15, -0.1) is 0 Å². The summed E-state index contributed by atoms with van der Waals surface area (Å²) in [6.45, 7) is 7.89. The standard InChI is InChI=1S/C24H37N7O/c1-18-7-4-6-12-29(18)16-11-25-24(32)19-9-14-30(15-10-19)22-21-23(27-17-26-22)31-13-5-2-3-8-20(31)28-21/h17-19H,2-16H2,1H3,(H,25,32)/t18-/m1/s1. The van der Waals surface area contributed by atoms with Crippen LogP contribution in [0, 0.1) is 5.92 Å². The van der Waals surface area contributed by atoms with E-state index in [1.165, 1.54) is 45.1 Å². The smallest absolute Gasteiger partial charge is 0.223 e. The third-order valence-corrected chi connectivity index (χ3v) is 7.68.